The van der Waals surface area contributed by atoms with Gasteiger partial charge in [-0.05, 0) is 36.8 Å². The van der Waals surface area contributed by atoms with E-state index in [-0.39, 0.29) is 5.91 Å². The summed E-state index contributed by atoms with van der Waals surface area (Å²) in [4.78, 5) is 15.8. The number of fused-ring (bicyclic) bond motifs is 1. The number of aliphatic hydroxyl groups is 1. The average molecular weight is 288 g/mol. The van der Waals surface area contributed by atoms with Gasteiger partial charge in [0.1, 0.15) is 0 Å². The Morgan fingerprint density at radius 1 is 1.24 bits per heavy atom. The van der Waals surface area contributed by atoms with Gasteiger partial charge >= 0.3 is 0 Å². The number of anilines is 2. The molecule has 114 valence electrons. The van der Waals surface area contributed by atoms with Crippen molar-refractivity contribution in [2.45, 2.75) is 39.2 Å². The van der Waals surface area contributed by atoms with Crippen LogP contribution in [0.4, 0.5) is 11.4 Å². The number of nitrogens with zero attached hydrogens (tertiary/aromatic N) is 2. The second kappa shape index (κ2) is 5.02. The van der Waals surface area contributed by atoms with Crippen LogP contribution in [0.25, 0.3) is 0 Å². The Labute approximate surface area is 126 Å². The van der Waals surface area contributed by atoms with E-state index in [9.17, 15) is 9.90 Å². The van der Waals surface area contributed by atoms with Gasteiger partial charge in [0.25, 0.3) is 5.91 Å². The Balaban J connectivity index is 1.87. The molecule has 0 bridgehead atoms. The predicted octanol–water partition coefficient (Wildman–Crippen LogP) is 2.71. The molecule has 0 radical (unpaired) electrons. The molecule has 1 aromatic carbocycles. The highest BCUT2D eigenvalue weighted by Crippen LogP contribution is 2.38. The normalized spacial score (nSPS) is 25.0. The molecule has 4 nitrogen and oxygen atoms in total. The van der Waals surface area contributed by atoms with Crippen LogP contribution in [0.15, 0.2) is 18.2 Å². The van der Waals surface area contributed by atoms with Gasteiger partial charge in [-0.3, -0.25) is 4.79 Å². The van der Waals surface area contributed by atoms with Crippen LogP contribution in [0.5, 0.6) is 0 Å². The van der Waals surface area contributed by atoms with E-state index in [1.54, 1.807) is 11.9 Å². The van der Waals surface area contributed by atoms with E-state index in [0.29, 0.717) is 5.41 Å². The van der Waals surface area contributed by atoms with Crippen molar-refractivity contribution < 1.29 is 9.90 Å². The van der Waals surface area contributed by atoms with Crippen LogP contribution in [-0.4, -0.2) is 31.2 Å². The number of hydrogen-bond donors (Lipinski definition) is 1. The number of amides is 1. The Hall–Kier alpha value is -1.55. The highest BCUT2D eigenvalue weighted by Gasteiger charge is 2.34. The molecule has 0 aromatic heterocycles. The summed E-state index contributed by atoms with van der Waals surface area (Å²) in [6, 6.07) is 5.97. The first-order chi connectivity index (χ1) is 9.89. The quantitative estimate of drug-likeness (QED) is 0.864. The molecule has 2 heterocycles. The minimum atomic E-state index is -0.998. The van der Waals surface area contributed by atoms with Gasteiger partial charge in [-0.1, -0.05) is 19.9 Å². The topological polar surface area (TPSA) is 43.8 Å². The van der Waals surface area contributed by atoms with Gasteiger partial charge in [0.2, 0.25) is 0 Å². The zero-order chi connectivity index (χ0) is 15.2. The molecular formula is C17H24N2O2. The monoisotopic (exact) mass is 288 g/mol. The third-order valence-electron chi connectivity index (χ3n) is 4.94. The van der Waals surface area contributed by atoms with E-state index in [4.69, 9.17) is 0 Å². The average Bonchev–Trinajstić information content (AvgIpc) is 2.60. The van der Waals surface area contributed by atoms with Crippen molar-refractivity contribution in [1.29, 1.82) is 0 Å². The fourth-order valence-electron chi connectivity index (χ4n) is 3.37. The van der Waals surface area contributed by atoms with Crippen LogP contribution in [0.2, 0.25) is 0 Å². The lowest BCUT2D eigenvalue weighted by Gasteiger charge is -2.25. The molecule has 1 atom stereocenters. The molecule has 1 saturated heterocycles. The number of hydrogen-bond acceptors (Lipinski definition) is 3. The first kappa shape index (κ1) is 14.4. The lowest BCUT2D eigenvalue weighted by molar-refractivity contribution is -0.125. The third-order valence-corrected chi connectivity index (χ3v) is 4.94. The van der Waals surface area contributed by atoms with E-state index in [1.807, 2.05) is 18.2 Å². The van der Waals surface area contributed by atoms with E-state index in [0.717, 1.165) is 30.0 Å². The first-order valence-corrected chi connectivity index (χ1v) is 7.74. The van der Waals surface area contributed by atoms with E-state index < -0.39 is 6.10 Å². The van der Waals surface area contributed by atoms with Crippen LogP contribution < -0.4 is 9.80 Å². The molecule has 4 heteroatoms. The molecule has 1 N–H and O–H groups in total. The summed E-state index contributed by atoms with van der Waals surface area (Å²) in [6.45, 7) is 6.78. The number of carbonyl (C=O) groups is 1. The largest absolute Gasteiger partial charge is 0.378 e. The Morgan fingerprint density at radius 2 is 2.00 bits per heavy atom. The van der Waals surface area contributed by atoms with E-state index >= 15 is 0 Å². The summed E-state index contributed by atoms with van der Waals surface area (Å²) in [6.07, 6.45) is 2.64. The van der Waals surface area contributed by atoms with Gasteiger partial charge < -0.3 is 14.9 Å². The highest BCUT2D eigenvalue weighted by atomic mass is 16.3. The molecule has 3 rings (SSSR count). The first-order valence-electron chi connectivity index (χ1n) is 7.74. The minimum Gasteiger partial charge on any atom is -0.378 e. The molecule has 0 saturated carbocycles. The van der Waals surface area contributed by atoms with Crippen LogP contribution in [0, 0.1) is 5.41 Å². The fourth-order valence-corrected chi connectivity index (χ4v) is 3.37. The lowest BCUT2D eigenvalue weighted by atomic mass is 9.85. The third kappa shape index (κ3) is 2.53. The molecule has 21 heavy (non-hydrogen) atoms. The number of rotatable bonds is 1. The van der Waals surface area contributed by atoms with Crippen molar-refractivity contribution in [2.24, 2.45) is 5.41 Å². The minimum absolute atomic E-state index is 0.237. The number of carbonyl (C=O) groups excluding carboxylic acids is 1. The Bertz CT molecular complexity index is 568. The Kier molecular flexibility index (Phi) is 3.44. The van der Waals surface area contributed by atoms with E-state index in [2.05, 4.69) is 18.7 Å². The summed E-state index contributed by atoms with van der Waals surface area (Å²) in [5.41, 5.74) is 3.13. The summed E-state index contributed by atoms with van der Waals surface area (Å²) < 4.78 is 0. The fraction of sp³-hybridized carbons (Fsp3) is 0.588. The van der Waals surface area contributed by atoms with E-state index in [1.165, 1.54) is 19.3 Å². The molecule has 0 aliphatic carbocycles. The number of benzene rings is 1. The van der Waals surface area contributed by atoms with Crippen LogP contribution in [-0.2, 0) is 4.79 Å². The highest BCUT2D eigenvalue weighted by molar-refractivity contribution is 6.03. The zero-order valence-corrected chi connectivity index (χ0v) is 13.1. The Morgan fingerprint density at radius 3 is 2.76 bits per heavy atom. The van der Waals surface area contributed by atoms with Gasteiger partial charge in [-0.15, -0.1) is 0 Å². The molecule has 2 aliphatic heterocycles. The molecular weight excluding hydrogens is 264 g/mol. The number of likely N-dealkylation sites (N-methyl/N-ethyl adjacent to an activating group) is 1. The lowest BCUT2D eigenvalue weighted by Crippen LogP contribution is -2.25. The summed E-state index contributed by atoms with van der Waals surface area (Å²) in [5.74, 6) is -0.237. The van der Waals surface area contributed by atoms with Crippen LogP contribution in [0.1, 0.15) is 44.8 Å². The van der Waals surface area contributed by atoms with Crippen LogP contribution in [0.3, 0.4) is 0 Å². The second-order valence-corrected chi connectivity index (χ2v) is 7.05. The summed E-state index contributed by atoms with van der Waals surface area (Å²) in [7, 11) is 1.73. The summed E-state index contributed by atoms with van der Waals surface area (Å²) >= 11 is 0. The van der Waals surface area contributed by atoms with Crippen molar-refractivity contribution in [3.05, 3.63) is 23.8 Å². The van der Waals surface area contributed by atoms with Gasteiger partial charge in [0.15, 0.2) is 6.10 Å². The maximum atomic E-state index is 11.9. The van der Waals surface area contributed by atoms with Gasteiger partial charge in [-0.2, -0.15) is 0 Å². The molecule has 1 aromatic rings. The van der Waals surface area contributed by atoms with Gasteiger partial charge in [0, 0.05) is 31.4 Å². The maximum absolute atomic E-state index is 11.9. The van der Waals surface area contributed by atoms with Crippen molar-refractivity contribution in [2.75, 3.05) is 29.9 Å². The molecule has 2 aliphatic rings. The molecule has 1 unspecified atom stereocenters. The SMILES string of the molecule is CN1C(=O)C(O)c2ccc(N3CCCC(C)(C)CC3)cc21. The van der Waals surface area contributed by atoms with Crippen molar-refractivity contribution in [3.8, 4) is 0 Å². The molecule has 0 spiro atoms. The smallest absolute Gasteiger partial charge is 0.260 e. The summed E-state index contributed by atoms with van der Waals surface area (Å²) in [5, 5.41) is 9.93. The molecule has 1 fully saturated rings. The predicted molar refractivity (Wildman–Crippen MR) is 84.7 cm³/mol. The van der Waals surface area contributed by atoms with Crippen molar-refractivity contribution in [1.82, 2.24) is 0 Å². The number of aliphatic hydroxyl groups excluding tert-OH is 1. The maximum Gasteiger partial charge on any atom is 0.260 e. The van der Waals surface area contributed by atoms with Gasteiger partial charge in [0.05, 0.1) is 5.69 Å². The van der Waals surface area contributed by atoms with Crippen molar-refractivity contribution >= 4 is 17.3 Å². The van der Waals surface area contributed by atoms with Crippen molar-refractivity contribution in [3.63, 3.8) is 0 Å². The van der Waals surface area contributed by atoms with Gasteiger partial charge in [-0.25, -0.2) is 0 Å². The standard InChI is InChI=1S/C17H24N2O2/c1-17(2)7-4-9-19(10-8-17)12-5-6-13-14(11-12)18(3)16(21)15(13)20/h5-6,11,15,20H,4,7-10H2,1-3H3. The van der Waals surface area contributed by atoms with Crippen LogP contribution >= 0.6 is 0 Å². The zero-order valence-electron chi connectivity index (χ0n) is 13.1. The molecule has 1 amide bonds. The second-order valence-electron chi connectivity index (χ2n) is 7.05.